The van der Waals surface area contributed by atoms with Crippen molar-refractivity contribution < 1.29 is 43.1 Å². The van der Waals surface area contributed by atoms with E-state index in [2.05, 4.69) is 20.3 Å². The van der Waals surface area contributed by atoms with Crippen molar-refractivity contribution in [2.45, 2.75) is 115 Å². The zero-order valence-electron chi connectivity index (χ0n) is 26.4. The van der Waals surface area contributed by atoms with Crippen LogP contribution in [0.25, 0.3) is 5.52 Å². The fraction of sp³-hybridized carbons (Fsp3) is 0.679. The molecule has 2 aromatic heterocycles. The highest BCUT2D eigenvalue weighted by atomic mass is 31.2. The Labute approximate surface area is 262 Å². The molecule has 0 bridgehead atoms. The van der Waals surface area contributed by atoms with E-state index in [0.717, 1.165) is 6.33 Å². The van der Waals surface area contributed by atoms with E-state index in [-0.39, 0.29) is 23.7 Å². The molecule has 0 aromatic carbocycles. The minimum Gasteiger partial charge on any atom is -0.461 e. The number of aromatic nitrogens is 3. The maximum atomic E-state index is 14.1. The van der Waals surface area contributed by atoms with Gasteiger partial charge in [0, 0.05) is 0 Å². The minimum absolute atomic E-state index is 0.0677. The number of nitriles is 1. The summed E-state index contributed by atoms with van der Waals surface area (Å²) in [5, 5.41) is 41.4. The van der Waals surface area contributed by atoms with Crippen molar-refractivity contribution in [2.75, 3.05) is 12.3 Å². The van der Waals surface area contributed by atoms with E-state index in [1.54, 1.807) is 0 Å². The molecule has 0 aliphatic carbocycles. The van der Waals surface area contributed by atoms with Crippen molar-refractivity contribution in [3.8, 4) is 6.07 Å². The van der Waals surface area contributed by atoms with E-state index in [1.807, 2.05) is 33.8 Å². The third kappa shape index (κ3) is 7.98. The zero-order chi connectivity index (χ0) is 33.5. The Morgan fingerprint density at radius 2 is 1.62 bits per heavy atom. The number of nitrogens with one attached hydrogen (secondary N) is 2. The standard InChI is InChI=1S/C28H44N7O9P/c1-7-18(8-2)42-26(38)16(5)33-45(40,34-17(6)27(39)43-19(9-3)10-4)41-13-21-23(36)24(37)28(14-29,44-21)22-12-11-20-25(30)31-15-32-35(20)22/h11-12,15-19,21,23-24,36-37H,7-10,13H2,1-6H3,(H2,30,31,32)(H2,33,34,40)/t16-,17-,21+,23+,24+,28-/m0/s1. The molecule has 0 radical (unpaired) electrons. The fourth-order valence-corrected chi connectivity index (χ4v) is 6.71. The van der Waals surface area contributed by atoms with Crippen molar-refractivity contribution in [2.24, 2.45) is 0 Å². The van der Waals surface area contributed by atoms with Gasteiger partial charge in [0.15, 0.2) is 5.82 Å². The van der Waals surface area contributed by atoms with Gasteiger partial charge in [-0.3, -0.25) is 14.2 Å². The number of carbonyl (C=O) groups is 2. The molecule has 6 N–H and O–H groups in total. The van der Waals surface area contributed by atoms with Crippen LogP contribution in [0.5, 0.6) is 0 Å². The summed E-state index contributed by atoms with van der Waals surface area (Å²) in [4.78, 5) is 29.5. The first-order valence-corrected chi connectivity index (χ1v) is 16.7. The Kier molecular flexibility index (Phi) is 12.4. The third-order valence-electron chi connectivity index (χ3n) is 7.73. The summed E-state index contributed by atoms with van der Waals surface area (Å²) >= 11 is 0. The molecule has 1 saturated heterocycles. The van der Waals surface area contributed by atoms with Crippen LogP contribution in [0.4, 0.5) is 5.82 Å². The van der Waals surface area contributed by atoms with Crippen molar-refractivity contribution >= 4 is 30.9 Å². The number of nitrogen functional groups attached to an aromatic ring is 1. The molecule has 3 rings (SSSR count). The topological polar surface area (TPSA) is 233 Å². The Morgan fingerprint density at radius 1 is 1.09 bits per heavy atom. The third-order valence-corrected chi connectivity index (χ3v) is 9.70. The monoisotopic (exact) mass is 653 g/mol. The second-order valence-corrected chi connectivity index (χ2v) is 12.8. The van der Waals surface area contributed by atoms with Crippen molar-refractivity contribution in [3.05, 3.63) is 24.2 Å². The van der Waals surface area contributed by atoms with Crippen LogP contribution in [-0.4, -0.2) is 86.0 Å². The lowest BCUT2D eigenvalue weighted by Crippen LogP contribution is -2.44. The van der Waals surface area contributed by atoms with Crippen LogP contribution < -0.4 is 15.9 Å². The van der Waals surface area contributed by atoms with Crippen LogP contribution in [0, 0.1) is 11.3 Å². The molecule has 17 heteroatoms. The molecular formula is C28H44N7O9P. The van der Waals surface area contributed by atoms with Crippen LogP contribution in [0.1, 0.15) is 72.9 Å². The van der Waals surface area contributed by atoms with Crippen LogP contribution in [0.2, 0.25) is 0 Å². The fourth-order valence-electron chi connectivity index (χ4n) is 4.90. The van der Waals surface area contributed by atoms with Gasteiger partial charge in [0.25, 0.3) is 0 Å². The number of hydrogen-bond acceptors (Lipinski definition) is 13. The number of nitrogens with zero attached hydrogens (tertiary/aromatic N) is 4. The molecule has 0 saturated carbocycles. The van der Waals surface area contributed by atoms with Crippen molar-refractivity contribution in [3.63, 3.8) is 0 Å². The van der Waals surface area contributed by atoms with Crippen molar-refractivity contribution in [1.82, 2.24) is 24.8 Å². The number of rotatable bonds is 16. The van der Waals surface area contributed by atoms with E-state index < -0.39 is 62.2 Å². The van der Waals surface area contributed by atoms with Crippen LogP contribution in [0.3, 0.4) is 0 Å². The van der Waals surface area contributed by atoms with Gasteiger partial charge < -0.3 is 34.7 Å². The van der Waals surface area contributed by atoms with Gasteiger partial charge in [-0.25, -0.2) is 19.7 Å². The average molecular weight is 654 g/mol. The molecule has 1 fully saturated rings. The first-order valence-electron chi connectivity index (χ1n) is 15.0. The normalized spacial score (nSPS) is 23.3. The lowest BCUT2D eigenvalue weighted by Gasteiger charge is -2.28. The van der Waals surface area contributed by atoms with E-state index >= 15 is 0 Å². The smallest absolute Gasteiger partial charge is 0.342 e. The summed E-state index contributed by atoms with van der Waals surface area (Å²) in [6, 6.07) is 2.60. The number of hydrogen-bond donors (Lipinski definition) is 5. The predicted molar refractivity (Wildman–Crippen MR) is 161 cm³/mol. The van der Waals surface area contributed by atoms with Crippen molar-refractivity contribution in [1.29, 1.82) is 5.26 Å². The number of fused-ring (bicyclic) bond motifs is 1. The van der Waals surface area contributed by atoms with Gasteiger partial charge in [-0.15, -0.1) is 0 Å². The zero-order valence-corrected chi connectivity index (χ0v) is 27.3. The van der Waals surface area contributed by atoms with Gasteiger partial charge in [-0.05, 0) is 51.7 Å². The molecular weight excluding hydrogens is 609 g/mol. The second kappa shape index (κ2) is 15.4. The summed E-state index contributed by atoms with van der Waals surface area (Å²) in [5.41, 5.74) is 4.19. The molecule has 0 spiro atoms. The lowest BCUT2D eigenvalue weighted by molar-refractivity contribution is -0.151. The SMILES string of the molecule is CCC(CC)OC(=O)[C@H](C)NP(=O)(N[C@@H](C)C(=O)OC(CC)CC)OC[C@H]1O[C@@](C#N)(c2ccc3c(N)ncnn23)[C@H](O)[C@@H]1O. The number of ether oxygens (including phenoxy) is 3. The second-order valence-electron chi connectivity index (χ2n) is 10.9. The minimum atomic E-state index is -4.31. The molecule has 2 aromatic rings. The van der Waals surface area contributed by atoms with Crippen LogP contribution >= 0.6 is 7.67 Å². The number of aliphatic hydroxyl groups is 2. The highest BCUT2D eigenvalue weighted by Crippen LogP contribution is 2.44. The molecule has 16 nitrogen and oxygen atoms in total. The molecule has 0 amide bonds. The Balaban J connectivity index is 1.85. The van der Waals surface area contributed by atoms with E-state index in [9.17, 15) is 29.6 Å². The Bertz CT molecular complexity index is 1370. The quantitative estimate of drug-likeness (QED) is 0.128. The van der Waals surface area contributed by atoms with Gasteiger partial charge in [-0.1, -0.05) is 27.7 Å². The van der Waals surface area contributed by atoms with Crippen LogP contribution in [-0.2, 0) is 38.5 Å². The van der Waals surface area contributed by atoms with Gasteiger partial charge in [0.2, 0.25) is 5.60 Å². The van der Waals surface area contributed by atoms with Gasteiger partial charge in [0.05, 0.1) is 12.3 Å². The highest BCUT2D eigenvalue weighted by Gasteiger charge is 2.58. The molecule has 1 aliphatic rings. The molecule has 3 heterocycles. The van der Waals surface area contributed by atoms with E-state index in [0.29, 0.717) is 31.2 Å². The average Bonchev–Trinajstić information content (AvgIpc) is 3.57. The number of nitrogens with two attached hydrogens (primary N) is 1. The van der Waals surface area contributed by atoms with Gasteiger partial charge in [-0.2, -0.15) is 10.4 Å². The number of carbonyl (C=O) groups excluding carboxylic acids is 2. The summed E-state index contributed by atoms with van der Waals surface area (Å²) in [7, 11) is -4.31. The number of esters is 2. The first-order chi connectivity index (χ1) is 21.3. The molecule has 0 unspecified atom stereocenters. The Hall–Kier alpha value is -3.16. The number of aliphatic hydroxyl groups excluding tert-OH is 2. The van der Waals surface area contributed by atoms with E-state index in [4.69, 9.17) is 24.5 Å². The summed E-state index contributed by atoms with van der Waals surface area (Å²) in [5.74, 6) is -1.28. The lowest BCUT2D eigenvalue weighted by atomic mass is 9.92. The maximum Gasteiger partial charge on any atom is 0.342 e. The summed E-state index contributed by atoms with van der Waals surface area (Å²) in [6.07, 6.45) is -2.08. The predicted octanol–water partition coefficient (Wildman–Crippen LogP) is 1.70. The largest absolute Gasteiger partial charge is 0.461 e. The highest BCUT2D eigenvalue weighted by molar-refractivity contribution is 7.54. The molecule has 6 atom stereocenters. The van der Waals surface area contributed by atoms with Gasteiger partial charge >= 0.3 is 19.6 Å². The van der Waals surface area contributed by atoms with Gasteiger partial charge in [0.1, 0.15) is 60.5 Å². The van der Waals surface area contributed by atoms with E-state index in [1.165, 1.54) is 30.5 Å². The summed E-state index contributed by atoms with van der Waals surface area (Å²) in [6.45, 7) is 9.67. The molecule has 45 heavy (non-hydrogen) atoms. The van der Waals surface area contributed by atoms with Crippen LogP contribution in [0.15, 0.2) is 18.5 Å². The number of anilines is 1. The molecule has 1 aliphatic heterocycles. The maximum absolute atomic E-state index is 14.1. The first kappa shape index (κ1) is 36.3. The Morgan fingerprint density at radius 3 is 2.11 bits per heavy atom. The molecule has 250 valence electrons. The summed E-state index contributed by atoms with van der Waals surface area (Å²) < 4.78 is 38.0.